The van der Waals surface area contributed by atoms with Gasteiger partial charge in [-0.3, -0.25) is 9.36 Å². The van der Waals surface area contributed by atoms with Gasteiger partial charge in [0.15, 0.2) is 11.5 Å². The fourth-order valence-corrected chi connectivity index (χ4v) is 3.73. The lowest BCUT2D eigenvalue weighted by atomic mass is 10.0. The van der Waals surface area contributed by atoms with Crippen molar-refractivity contribution < 1.29 is 22.6 Å². The third-order valence-corrected chi connectivity index (χ3v) is 5.35. The molecule has 6 nitrogen and oxygen atoms in total. The number of alkyl halides is 3. The van der Waals surface area contributed by atoms with Crippen LogP contribution in [0.4, 0.5) is 18.9 Å². The van der Waals surface area contributed by atoms with Crippen molar-refractivity contribution in [1.82, 2.24) is 9.55 Å². The van der Waals surface area contributed by atoms with E-state index in [-0.39, 0.29) is 29.1 Å². The van der Waals surface area contributed by atoms with Gasteiger partial charge in [0, 0.05) is 10.4 Å². The van der Waals surface area contributed by atoms with E-state index >= 15 is 0 Å². The minimum absolute atomic E-state index is 0.00954. The predicted molar refractivity (Wildman–Crippen MR) is 113 cm³/mol. The summed E-state index contributed by atoms with van der Waals surface area (Å²) in [4.78, 5) is 17.3. The molecule has 0 saturated heterocycles. The zero-order valence-corrected chi connectivity index (χ0v) is 16.9. The molecule has 0 radical (unpaired) electrons. The van der Waals surface area contributed by atoms with E-state index in [9.17, 15) is 18.0 Å². The van der Waals surface area contributed by atoms with Crippen LogP contribution in [0.1, 0.15) is 5.69 Å². The van der Waals surface area contributed by atoms with Gasteiger partial charge in [-0.2, -0.15) is 13.2 Å². The number of hydrogen-bond donors (Lipinski definition) is 1. The third-order valence-electron chi connectivity index (χ3n) is 5.10. The molecule has 32 heavy (non-hydrogen) atoms. The molecule has 162 valence electrons. The Bertz CT molecular complexity index is 1430. The summed E-state index contributed by atoms with van der Waals surface area (Å²) in [5.74, 6) is 0.951. The smallest absolute Gasteiger partial charge is 0.433 e. The van der Waals surface area contributed by atoms with Crippen molar-refractivity contribution in [3.63, 3.8) is 0 Å². The molecular formula is C22H13ClF3N3O3. The fourth-order valence-electron chi connectivity index (χ4n) is 3.61. The lowest BCUT2D eigenvalue weighted by molar-refractivity contribution is -0.141. The molecule has 0 fully saturated rings. The van der Waals surface area contributed by atoms with E-state index in [1.807, 2.05) is 0 Å². The van der Waals surface area contributed by atoms with Crippen LogP contribution in [0.25, 0.3) is 27.8 Å². The molecule has 0 saturated carbocycles. The quantitative estimate of drug-likeness (QED) is 0.454. The Morgan fingerprint density at radius 1 is 1.00 bits per heavy atom. The molecular weight excluding hydrogens is 447 g/mol. The Kier molecular flexibility index (Phi) is 4.52. The highest BCUT2D eigenvalue weighted by Crippen LogP contribution is 2.38. The maximum absolute atomic E-state index is 13.6. The van der Waals surface area contributed by atoms with Gasteiger partial charge in [-0.05, 0) is 54.1 Å². The second-order valence-corrected chi connectivity index (χ2v) is 7.48. The molecule has 4 aromatic rings. The first-order valence-electron chi connectivity index (χ1n) is 9.32. The highest BCUT2D eigenvalue weighted by molar-refractivity contribution is 6.30. The lowest BCUT2D eigenvalue weighted by Gasteiger charge is -2.17. The van der Waals surface area contributed by atoms with E-state index in [4.69, 9.17) is 26.8 Å². The fraction of sp³-hybridized carbons (Fsp3) is 0.0909. The molecule has 10 heteroatoms. The van der Waals surface area contributed by atoms with E-state index in [2.05, 4.69) is 4.98 Å². The molecule has 2 aromatic heterocycles. The number of fused-ring (bicyclic) bond motifs is 2. The molecule has 0 bridgehead atoms. The summed E-state index contributed by atoms with van der Waals surface area (Å²) >= 11 is 5.95. The number of nitrogens with two attached hydrogens (primary N) is 1. The monoisotopic (exact) mass is 459 g/mol. The van der Waals surface area contributed by atoms with Gasteiger partial charge in [-0.25, -0.2) is 4.98 Å². The largest absolute Gasteiger partial charge is 0.454 e. The van der Waals surface area contributed by atoms with Crippen LogP contribution in [0, 0.1) is 0 Å². The zero-order valence-electron chi connectivity index (χ0n) is 16.1. The predicted octanol–water partition coefficient (Wildman–Crippen LogP) is 5.04. The van der Waals surface area contributed by atoms with Crippen LogP contribution >= 0.6 is 11.6 Å². The maximum atomic E-state index is 13.6. The van der Waals surface area contributed by atoms with Gasteiger partial charge in [0.2, 0.25) is 6.79 Å². The molecule has 2 aromatic carbocycles. The summed E-state index contributed by atoms with van der Waals surface area (Å²) in [6.45, 7) is 0.0468. The summed E-state index contributed by atoms with van der Waals surface area (Å²) in [7, 11) is 0. The standard InChI is InChI=1S/C22H13ClF3N3O3/c23-12-2-4-13(5-3-12)29-20-14(6-8-17(28-20)22(24,25)26)19(27)18(21(29)30)11-1-7-15-16(9-11)32-10-31-15/h1-9H,10,27H2. The first-order chi connectivity index (χ1) is 15.2. The molecule has 5 rings (SSSR count). The summed E-state index contributed by atoms with van der Waals surface area (Å²) in [5, 5.41) is 0.599. The van der Waals surface area contributed by atoms with Gasteiger partial charge < -0.3 is 15.2 Å². The van der Waals surface area contributed by atoms with Crippen LogP contribution in [-0.4, -0.2) is 16.3 Å². The number of halogens is 4. The third kappa shape index (κ3) is 3.21. The Hall–Kier alpha value is -3.72. The van der Waals surface area contributed by atoms with Crippen molar-refractivity contribution in [2.45, 2.75) is 6.18 Å². The molecule has 1 aliphatic heterocycles. The van der Waals surface area contributed by atoms with E-state index in [1.54, 1.807) is 18.2 Å². The van der Waals surface area contributed by atoms with Crippen LogP contribution in [-0.2, 0) is 6.18 Å². The van der Waals surface area contributed by atoms with Crippen LogP contribution in [0.15, 0.2) is 59.4 Å². The van der Waals surface area contributed by atoms with Gasteiger partial charge in [-0.15, -0.1) is 0 Å². The van der Waals surface area contributed by atoms with Crippen molar-refractivity contribution in [1.29, 1.82) is 0 Å². The van der Waals surface area contributed by atoms with Crippen LogP contribution in [0.5, 0.6) is 11.5 Å². The van der Waals surface area contributed by atoms with Crippen LogP contribution in [0.2, 0.25) is 5.02 Å². The summed E-state index contributed by atoms with van der Waals surface area (Å²) in [6, 6.07) is 13.0. The second-order valence-electron chi connectivity index (χ2n) is 7.04. The number of hydrogen-bond acceptors (Lipinski definition) is 5. The normalized spacial score (nSPS) is 13.0. The van der Waals surface area contributed by atoms with Crippen molar-refractivity contribution in [2.24, 2.45) is 0 Å². The van der Waals surface area contributed by atoms with E-state index in [0.717, 1.165) is 10.6 Å². The van der Waals surface area contributed by atoms with E-state index in [0.29, 0.717) is 27.8 Å². The lowest BCUT2D eigenvalue weighted by Crippen LogP contribution is -2.24. The minimum atomic E-state index is -4.69. The molecule has 0 amide bonds. The van der Waals surface area contributed by atoms with E-state index < -0.39 is 17.4 Å². The molecule has 1 aliphatic rings. The topological polar surface area (TPSA) is 79.4 Å². The van der Waals surface area contributed by atoms with Gasteiger partial charge in [0.25, 0.3) is 5.56 Å². The summed E-state index contributed by atoms with van der Waals surface area (Å²) < 4.78 is 51.8. The van der Waals surface area contributed by atoms with Crippen molar-refractivity contribution in [3.8, 4) is 28.3 Å². The second kappa shape index (κ2) is 7.16. The van der Waals surface area contributed by atoms with Gasteiger partial charge in [0.05, 0.1) is 16.9 Å². The first kappa shape index (κ1) is 20.2. The van der Waals surface area contributed by atoms with Crippen molar-refractivity contribution >= 4 is 28.3 Å². The Morgan fingerprint density at radius 3 is 2.44 bits per heavy atom. The number of aromatic nitrogens is 2. The Balaban J connectivity index is 1.87. The highest BCUT2D eigenvalue weighted by atomic mass is 35.5. The number of pyridine rings is 2. The Morgan fingerprint density at radius 2 is 1.72 bits per heavy atom. The number of nitrogen functional groups attached to an aromatic ring is 1. The van der Waals surface area contributed by atoms with Gasteiger partial charge in [-0.1, -0.05) is 17.7 Å². The molecule has 3 heterocycles. The number of rotatable bonds is 2. The first-order valence-corrected chi connectivity index (χ1v) is 9.70. The number of ether oxygens (including phenoxy) is 2. The number of anilines is 1. The van der Waals surface area contributed by atoms with Crippen molar-refractivity contribution in [2.75, 3.05) is 12.5 Å². The number of nitrogens with zero attached hydrogens (tertiary/aromatic N) is 2. The van der Waals surface area contributed by atoms with Crippen molar-refractivity contribution in [3.05, 3.63) is 75.7 Å². The van der Waals surface area contributed by atoms with E-state index in [1.165, 1.54) is 30.3 Å². The maximum Gasteiger partial charge on any atom is 0.433 e. The van der Waals surface area contributed by atoms with Gasteiger partial charge >= 0.3 is 6.18 Å². The van der Waals surface area contributed by atoms with Crippen LogP contribution < -0.4 is 20.8 Å². The van der Waals surface area contributed by atoms with Gasteiger partial charge in [0.1, 0.15) is 11.3 Å². The molecule has 0 aliphatic carbocycles. The SMILES string of the molecule is Nc1c(-c2ccc3c(c2)OCO3)c(=O)n(-c2ccc(Cl)cc2)c2nc(C(F)(F)F)ccc12. The summed E-state index contributed by atoms with van der Waals surface area (Å²) in [6.07, 6.45) is -4.69. The molecule has 0 atom stereocenters. The average Bonchev–Trinajstić information content (AvgIpc) is 3.22. The minimum Gasteiger partial charge on any atom is -0.454 e. The number of benzene rings is 2. The zero-order chi connectivity index (χ0) is 22.6. The molecule has 2 N–H and O–H groups in total. The van der Waals surface area contributed by atoms with Crippen LogP contribution in [0.3, 0.4) is 0 Å². The summed E-state index contributed by atoms with van der Waals surface area (Å²) in [5.41, 5.74) is 5.15. The molecule has 0 spiro atoms. The Labute approximate surface area is 183 Å². The molecule has 0 unspecified atom stereocenters. The highest BCUT2D eigenvalue weighted by Gasteiger charge is 2.33. The average molecular weight is 460 g/mol.